The van der Waals surface area contributed by atoms with Gasteiger partial charge < -0.3 is 10.6 Å². The van der Waals surface area contributed by atoms with E-state index in [0.717, 1.165) is 23.6 Å². The molecule has 1 aromatic carbocycles. The molecular weight excluding hydrogens is 244 g/mol. The molecule has 0 aliphatic carbocycles. The van der Waals surface area contributed by atoms with Crippen molar-refractivity contribution in [2.45, 2.75) is 20.3 Å². The van der Waals surface area contributed by atoms with Crippen molar-refractivity contribution < 1.29 is 0 Å². The number of aryl methyl sites for hydroxylation is 2. The second-order valence-corrected chi connectivity index (χ2v) is 4.43. The van der Waals surface area contributed by atoms with Gasteiger partial charge in [-0.05, 0) is 37.2 Å². The van der Waals surface area contributed by atoms with Gasteiger partial charge in [-0.15, -0.1) is 0 Å². The van der Waals surface area contributed by atoms with Crippen molar-refractivity contribution in [3.8, 4) is 0 Å². The Balaban J connectivity index is 2.03. The summed E-state index contributed by atoms with van der Waals surface area (Å²) in [5.41, 5.74) is 3.26. The number of rotatable bonds is 3. The molecule has 4 nitrogen and oxygen atoms in total. The van der Waals surface area contributed by atoms with E-state index in [2.05, 4.69) is 33.8 Å². The number of anilines is 2. The highest BCUT2D eigenvalue weighted by molar-refractivity contribution is 7.80. The number of hydrogen-bond acceptors (Lipinski definition) is 2. The van der Waals surface area contributed by atoms with Crippen LogP contribution in [0.1, 0.15) is 18.2 Å². The lowest BCUT2D eigenvalue weighted by atomic mass is 10.1. The Morgan fingerprint density at radius 2 is 2.11 bits per heavy atom. The Morgan fingerprint density at radius 1 is 1.33 bits per heavy atom. The molecule has 0 saturated carbocycles. The lowest BCUT2D eigenvalue weighted by Gasteiger charge is -2.11. The Hall–Kier alpha value is -1.88. The third-order valence-corrected chi connectivity index (χ3v) is 2.80. The highest BCUT2D eigenvalue weighted by atomic mass is 32.1. The Morgan fingerprint density at radius 3 is 2.78 bits per heavy atom. The molecule has 3 N–H and O–H groups in total. The Bertz CT molecular complexity index is 547. The SMILES string of the molecule is CCc1ccccc1NC(=S)Nc1cc(C)[nH]n1. The van der Waals surface area contributed by atoms with Crippen LogP contribution in [0.5, 0.6) is 0 Å². The van der Waals surface area contributed by atoms with Crippen LogP contribution in [0.2, 0.25) is 0 Å². The van der Waals surface area contributed by atoms with Gasteiger partial charge in [0.05, 0.1) is 0 Å². The van der Waals surface area contributed by atoms with Gasteiger partial charge in [0.2, 0.25) is 0 Å². The van der Waals surface area contributed by atoms with Gasteiger partial charge in [0, 0.05) is 17.4 Å². The number of aromatic nitrogens is 2. The summed E-state index contributed by atoms with van der Waals surface area (Å²) < 4.78 is 0. The summed E-state index contributed by atoms with van der Waals surface area (Å²) in [7, 11) is 0. The van der Waals surface area contributed by atoms with E-state index in [1.807, 2.05) is 31.2 Å². The molecule has 0 aliphatic heterocycles. The van der Waals surface area contributed by atoms with Gasteiger partial charge in [0.25, 0.3) is 0 Å². The fourth-order valence-corrected chi connectivity index (χ4v) is 1.92. The van der Waals surface area contributed by atoms with E-state index < -0.39 is 0 Å². The van der Waals surface area contributed by atoms with Crippen LogP contribution >= 0.6 is 12.2 Å². The van der Waals surface area contributed by atoms with E-state index in [9.17, 15) is 0 Å². The first-order valence-electron chi connectivity index (χ1n) is 5.87. The van der Waals surface area contributed by atoms with Crippen LogP contribution < -0.4 is 10.6 Å². The number of aromatic amines is 1. The second kappa shape index (κ2) is 5.64. The largest absolute Gasteiger partial charge is 0.332 e. The van der Waals surface area contributed by atoms with Gasteiger partial charge in [0.1, 0.15) is 0 Å². The minimum Gasteiger partial charge on any atom is -0.332 e. The lowest BCUT2D eigenvalue weighted by Crippen LogP contribution is -2.20. The normalized spacial score (nSPS) is 10.1. The molecule has 0 fully saturated rings. The zero-order valence-electron chi connectivity index (χ0n) is 10.4. The van der Waals surface area contributed by atoms with Crippen molar-refractivity contribution in [2.24, 2.45) is 0 Å². The molecule has 0 radical (unpaired) electrons. The van der Waals surface area contributed by atoms with Crippen LogP contribution in [0.15, 0.2) is 30.3 Å². The van der Waals surface area contributed by atoms with Crippen LogP contribution in [0, 0.1) is 6.92 Å². The van der Waals surface area contributed by atoms with E-state index in [1.54, 1.807) is 0 Å². The monoisotopic (exact) mass is 260 g/mol. The van der Waals surface area contributed by atoms with Gasteiger partial charge in [-0.2, -0.15) is 5.10 Å². The predicted octanol–water partition coefficient (Wildman–Crippen LogP) is 3.09. The van der Waals surface area contributed by atoms with E-state index in [4.69, 9.17) is 12.2 Å². The van der Waals surface area contributed by atoms with Gasteiger partial charge in [0.15, 0.2) is 10.9 Å². The van der Waals surface area contributed by atoms with Crippen molar-refractivity contribution in [3.05, 3.63) is 41.6 Å². The number of hydrogen-bond donors (Lipinski definition) is 3. The molecule has 0 spiro atoms. The number of nitrogens with one attached hydrogen (secondary N) is 3. The van der Waals surface area contributed by atoms with Crippen molar-refractivity contribution in [1.29, 1.82) is 0 Å². The third kappa shape index (κ3) is 3.07. The molecule has 18 heavy (non-hydrogen) atoms. The molecule has 0 amide bonds. The van der Waals surface area contributed by atoms with Crippen LogP contribution in [0.25, 0.3) is 0 Å². The minimum absolute atomic E-state index is 0.544. The molecule has 0 atom stereocenters. The number of H-pyrrole nitrogens is 1. The summed E-state index contributed by atoms with van der Waals surface area (Å²) >= 11 is 5.26. The van der Waals surface area contributed by atoms with E-state index >= 15 is 0 Å². The van der Waals surface area contributed by atoms with Crippen molar-refractivity contribution >= 4 is 28.8 Å². The van der Waals surface area contributed by atoms with Crippen LogP contribution in [0.3, 0.4) is 0 Å². The van der Waals surface area contributed by atoms with Crippen LogP contribution in [-0.2, 0) is 6.42 Å². The van der Waals surface area contributed by atoms with Crippen LogP contribution in [0.4, 0.5) is 11.5 Å². The zero-order valence-corrected chi connectivity index (χ0v) is 11.3. The molecule has 0 bridgehead atoms. The second-order valence-electron chi connectivity index (χ2n) is 4.03. The number of thiocarbonyl (C=S) groups is 1. The first-order valence-corrected chi connectivity index (χ1v) is 6.27. The highest BCUT2D eigenvalue weighted by Crippen LogP contribution is 2.15. The topological polar surface area (TPSA) is 52.7 Å². The van der Waals surface area contributed by atoms with E-state index in [0.29, 0.717) is 5.11 Å². The average molecular weight is 260 g/mol. The molecule has 2 rings (SSSR count). The number of para-hydroxylation sites is 1. The summed E-state index contributed by atoms with van der Waals surface area (Å²) in [5.74, 6) is 0.721. The first-order chi connectivity index (χ1) is 8.69. The molecular formula is C13H16N4S. The van der Waals surface area contributed by atoms with Gasteiger partial charge in [-0.3, -0.25) is 5.10 Å². The summed E-state index contributed by atoms with van der Waals surface area (Å²) in [6.07, 6.45) is 0.966. The highest BCUT2D eigenvalue weighted by Gasteiger charge is 2.04. The quantitative estimate of drug-likeness (QED) is 0.742. The average Bonchev–Trinajstić information content (AvgIpc) is 2.75. The summed E-state index contributed by atoms with van der Waals surface area (Å²) in [5, 5.41) is 13.7. The molecule has 0 saturated heterocycles. The molecule has 0 unspecified atom stereocenters. The maximum absolute atomic E-state index is 5.26. The molecule has 0 aliphatic rings. The first kappa shape index (κ1) is 12.6. The number of benzene rings is 1. The number of nitrogens with zero attached hydrogens (tertiary/aromatic N) is 1. The molecule has 1 aromatic heterocycles. The molecule has 2 aromatic rings. The van der Waals surface area contributed by atoms with Crippen molar-refractivity contribution in [3.63, 3.8) is 0 Å². The maximum Gasteiger partial charge on any atom is 0.176 e. The summed E-state index contributed by atoms with van der Waals surface area (Å²) in [4.78, 5) is 0. The minimum atomic E-state index is 0.544. The third-order valence-electron chi connectivity index (χ3n) is 2.59. The molecule has 1 heterocycles. The maximum atomic E-state index is 5.26. The van der Waals surface area contributed by atoms with Gasteiger partial charge in [-0.25, -0.2) is 0 Å². The van der Waals surface area contributed by atoms with Gasteiger partial charge >= 0.3 is 0 Å². The molecule has 94 valence electrons. The standard InChI is InChI=1S/C13H16N4S/c1-3-10-6-4-5-7-11(10)14-13(18)15-12-8-9(2)16-17-12/h4-8H,3H2,1-2H3,(H3,14,15,16,17,18). The van der Waals surface area contributed by atoms with Crippen LogP contribution in [-0.4, -0.2) is 15.3 Å². The summed E-state index contributed by atoms with van der Waals surface area (Å²) in [6, 6.07) is 10.0. The Kier molecular flexibility index (Phi) is 3.94. The fourth-order valence-electron chi connectivity index (χ4n) is 1.70. The molecule has 5 heteroatoms. The van der Waals surface area contributed by atoms with Gasteiger partial charge in [-0.1, -0.05) is 25.1 Å². The van der Waals surface area contributed by atoms with E-state index in [-0.39, 0.29) is 0 Å². The fraction of sp³-hybridized carbons (Fsp3) is 0.231. The predicted molar refractivity (Wildman–Crippen MR) is 79.0 cm³/mol. The van der Waals surface area contributed by atoms with Crippen molar-refractivity contribution in [2.75, 3.05) is 10.6 Å². The van der Waals surface area contributed by atoms with E-state index in [1.165, 1.54) is 5.56 Å². The zero-order chi connectivity index (χ0) is 13.0. The smallest absolute Gasteiger partial charge is 0.176 e. The van der Waals surface area contributed by atoms with Crippen molar-refractivity contribution in [1.82, 2.24) is 10.2 Å². The summed E-state index contributed by atoms with van der Waals surface area (Å²) in [6.45, 7) is 4.06. The lowest BCUT2D eigenvalue weighted by molar-refractivity contribution is 1.05. The Labute approximate surface area is 112 Å².